The van der Waals surface area contributed by atoms with Crippen LogP contribution in [0.15, 0.2) is 52.8 Å². The van der Waals surface area contributed by atoms with Crippen molar-refractivity contribution >= 4 is 11.9 Å². The standard InChI is InChI=1S/C13H8O3.CH4/c14-13-10-5-1-2-6-11(10)16-12(13)8-9-4-3-7-15-9;/h1-8H;1H4/b12-8-;. The quantitative estimate of drug-likeness (QED) is 0.701. The van der Waals surface area contributed by atoms with E-state index in [0.717, 1.165) is 0 Å². The predicted molar refractivity (Wildman–Crippen MR) is 64.8 cm³/mol. The van der Waals surface area contributed by atoms with Crippen LogP contribution in [0.1, 0.15) is 23.5 Å². The SMILES string of the molecule is C.O=C1/C(=C/c2ccco2)Oc2ccccc21. The molecular weight excluding hydrogens is 216 g/mol. The van der Waals surface area contributed by atoms with E-state index < -0.39 is 0 Å². The van der Waals surface area contributed by atoms with Crippen LogP contribution in [0.4, 0.5) is 0 Å². The van der Waals surface area contributed by atoms with Crippen molar-refractivity contribution in [1.29, 1.82) is 0 Å². The number of rotatable bonds is 1. The van der Waals surface area contributed by atoms with Gasteiger partial charge in [-0.25, -0.2) is 0 Å². The van der Waals surface area contributed by atoms with E-state index in [2.05, 4.69) is 0 Å². The van der Waals surface area contributed by atoms with E-state index in [-0.39, 0.29) is 13.2 Å². The maximum atomic E-state index is 11.9. The highest BCUT2D eigenvalue weighted by atomic mass is 16.5. The molecule has 1 aliphatic heterocycles. The van der Waals surface area contributed by atoms with E-state index in [4.69, 9.17) is 9.15 Å². The van der Waals surface area contributed by atoms with Gasteiger partial charge < -0.3 is 9.15 Å². The largest absolute Gasteiger partial charge is 0.465 e. The zero-order chi connectivity index (χ0) is 11.0. The van der Waals surface area contributed by atoms with Crippen LogP contribution in [0.5, 0.6) is 5.75 Å². The topological polar surface area (TPSA) is 39.4 Å². The average Bonchev–Trinajstić information content (AvgIpc) is 2.90. The molecule has 1 aliphatic rings. The average molecular weight is 228 g/mol. The third-order valence-electron chi connectivity index (χ3n) is 2.39. The number of carbonyl (C=O) groups excluding carboxylic acids is 1. The summed E-state index contributed by atoms with van der Waals surface area (Å²) in [5, 5.41) is 0. The van der Waals surface area contributed by atoms with E-state index in [1.165, 1.54) is 0 Å². The Balaban J connectivity index is 0.00000108. The van der Waals surface area contributed by atoms with Gasteiger partial charge in [0.25, 0.3) is 0 Å². The summed E-state index contributed by atoms with van der Waals surface area (Å²) in [5.41, 5.74) is 0.598. The van der Waals surface area contributed by atoms with Gasteiger partial charge in [0.05, 0.1) is 11.8 Å². The van der Waals surface area contributed by atoms with Crippen molar-refractivity contribution in [3.05, 3.63) is 59.7 Å². The minimum atomic E-state index is -0.105. The molecule has 17 heavy (non-hydrogen) atoms. The van der Waals surface area contributed by atoms with Crippen molar-refractivity contribution in [2.45, 2.75) is 7.43 Å². The van der Waals surface area contributed by atoms with E-state index in [0.29, 0.717) is 22.8 Å². The lowest BCUT2D eigenvalue weighted by Crippen LogP contribution is -1.97. The van der Waals surface area contributed by atoms with E-state index in [9.17, 15) is 4.79 Å². The van der Waals surface area contributed by atoms with Crippen molar-refractivity contribution in [2.24, 2.45) is 0 Å². The molecule has 2 heterocycles. The van der Waals surface area contributed by atoms with Crippen LogP contribution in [0.3, 0.4) is 0 Å². The summed E-state index contributed by atoms with van der Waals surface area (Å²) in [6, 6.07) is 10.7. The first-order valence-electron chi connectivity index (χ1n) is 4.91. The third kappa shape index (κ3) is 1.87. The van der Waals surface area contributed by atoms with E-state index in [1.807, 2.05) is 12.1 Å². The molecule has 0 bridgehead atoms. The van der Waals surface area contributed by atoms with Gasteiger partial charge in [-0.05, 0) is 24.3 Å². The first kappa shape index (κ1) is 11.2. The number of ketones is 1. The number of ether oxygens (including phenoxy) is 1. The number of hydrogen-bond acceptors (Lipinski definition) is 3. The highest BCUT2D eigenvalue weighted by Gasteiger charge is 2.26. The molecule has 0 radical (unpaired) electrons. The fourth-order valence-electron chi connectivity index (χ4n) is 1.64. The number of hydrogen-bond donors (Lipinski definition) is 0. The molecule has 0 saturated heterocycles. The Hall–Kier alpha value is -2.29. The molecule has 1 aromatic carbocycles. The maximum Gasteiger partial charge on any atom is 0.232 e. The second kappa shape index (κ2) is 4.29. The smallest absolute Gasteiger partial charge is 0.232 e. The normalized spacial score (nSPS) is 15.3. The molecule has 0 atom stereocenters. The van der Waals surface area contributed by atoms with Crippen LogP contribution in [-0.2, 0) is 0 Å². The lowest BCUT2D eigenvalue weighted by atomic mass is 10.1. The number of Topliss-reactive ketones (excluding diaryl/α,β-unsaturated/α-hetero) is 1. The lowest BCUT2D eigenvalue weighted by Gasteiger charge is -1.95. The fourth-order valence-corrected chi connectivity index (χ4v) is 1.64. The molecule has 0 unspecified atom stereocenters. The maximum absolute atomic E-state index is 11.9. The molecule has 0 N–H and O–H groups in total. The Morgan fingerprint density at radius 2 is 1.88 bits per heavy atom. The summed E-state index contributed by atoms with van der Waals surface area (Å²) in [6.07, 6.45) is 3.15. The number of benzene rings is 1. The second-order valence-corrected chi connectivity index (χ2v) is 3.45. The van der Waals surface area contributed by atoms with Gasteiger partial charge in [0, 0.05) is 6.08 Å². The van der Waals surface area contributed by atoms with E-state index >= 15 is 0 Å². The van der Waals surface area contributed by atoms with Crippen molar-refractivity contribution in [3.8, 4) is 5.75 Å². The van der Waals surface area contributed by atoms with Crippen LogP contribution in [-0.4, -0.2) is 5.78 Å². The Morgan fingerprint density at radius 1 is 1.06 bits per heavy atom. The molecule has 3 heteroatoms. The highest BCUT2D eigenvalue weighted by Crippen LogP contribution is 2.31. The summed E-state index contributed by atoms with van der Waals surface area (Å²) >= 11 is 0. The van der Waals surface area contributed by atoms with Crippen molar-refractivity contribution in [2.75, 3.05) is 0 Å². The number of furan rings is 1. The Labute approximate surface area is 99.3 Å². The molecule has 2 aromatic rings. The zero-order valence-corrected chi connectivity index (χ0v) is 8.34. The minimum absolute atomic E-state index is 0. The number of carbonyl (C=O) groups is 1. The minimum Gasteiger partial charge on any atom is -0.465 e. The summed E-state index contributed by atoms with van der Waals surface area (Å²) in [6.45, 7) is 0. The van der Waals surface area contributed by atoms with Gasteiger partial charge >= 0.3 is 0 Å². The van der Waals surface area contributed by atoms with Gasteiger partial charge in [-0.2, -0.15) is 0 Å². The van der Waals surface area contributed by atoms with Crippen LogP contribution in [0.25, 0.3) is 6.08 Å². The van der Waals surface area contributed by atoms with Gasteiger partial charge in [-0.1, -0.05) is 19.6 Å². The van der Waals surface area contributed by atoms with Crippen LogP contribution >= 0.6 is 0 Å². The summed E-state index contributed by atoms with van der Waals surface area (Å²) in [7, 11) is 0. The fraction of sp³-hybridized carbons (Fsp3) is 0.0714. The van der Waals surface area contributed by atoms with Gasteiger partial charge in [-0.15, -0.1) is 0 Å². The van der Waals surface area contributed by atoms with Gasteiger partial charge in [-0.3, -0.25) is 4.79 Å². The predicted octanol–water partition coefficient (Wildman–Crippen LogP) is 3.53. The number of allylic oxidation sites excluding steroid dienone is 1. The lowest BCUT2D eigenvalue weighted by molar-refractivity contribution is 0.101. The van der Waals surface area contributed by atoms with E-state index in [1.54, 1.807) is 36.6 Å². The zero-order valence-electron chi connectivity index (χ0n) is 8.34. The molecule has 0 aliphatic carbocycles. The van der Waals surface area contributed by atoms with Crippen molar-refractivity contribution in [3.63, 3.8) is 0 Å². The molecular formula is C14H12O3. The second-order valence-electron chi connectivity index (χ2n) is 3.45. The van der Waals surface area contributed by atoms with Crippen LogP contribution in [0.2, 0.25) is 0 Å². The van der Waals surface area contributed by atoms with Crippen LogP contribution < -0.4 is 4.74 Å². The molecule has 0 fully saturated rings. The first-order valence-corrected chi connectivity index (χ1v) is 4.91. The van der Waals surface area contributed by atoms with Gasteiger partial charge in [0.1, 0.15) is 11.5 Å². The van der Waals surface area contributed by atoms with Gasteiger partial charge in [0.15, 0.2) is 5.76 Å². The molecule has 0 amide bonds. The molecule has 86 valence electrons. The molecule has 3 rings (SSSR count). The molecule has 3 nitrogen and oxygen atoms in total. The molecule has 0 saturated carbocycles. The first-order chi connectivity index (χ1) is 7.84. The van der Waals surface area contributed by atoms with Crippen LogP contribution in [0, 0.1) is 0 Å². The summed E-state index contributed by atoms with van der Waals surface area (Å²) in [4.78, 5) is 11.9. The van der Waals surface area contributed by atoms with Crippen molar-refractivity contribution < 1.29 is 13.9 Å². The van der Waals surface area contributed by atoms with Crippen molar-refractivity contribution in [1.82, 2.24) is 0 Å². The summed E-state index contributed by atoms with van der Waals surface area (Å²) in [5.74, 6) is 1.41. The number of para-hydroxylation sites is 1. The summed E-state index contributed by atoms with van der Waals surface area (Å²) < 4.78 is 10.6. The Bertz CT molecular complexity index is 565. The third-order valence-corrected chi connectivity index (χ3v) is 2.39. The highest BCUT2D eigenvalue weighted by molar-refractivity contribution is 6.14. The molecule has 1 aromatic heterocycles. The monoisotopic (exact) mass is 228 g/mol. The molecule has 0 spiro atoms. The number of fused-ring (bicyclic) bond motifs is 1. The Kier molecular flexibility index (Phi) is 2.83. The van der Waals surface area contributed by atoms with Gasteiger partial charge in [0.2, 0.25) is 5.78 Å². The Morgan fingerprint density at radius 3 is 2.59 bits per heavy atom.